The summed E-state index contributed by atoms with van der Waals surface area (Å²) in [5.74, 6) is 0.770. The highest BCUT2D eigenvalue weighted by Crippen LogP contribution is 2.14. The Kier molecular flexibility index (Phi) is 1.91. The molecule has 0 amide bonds. The first-order valence-corrected chi connectivity index (χ1v) is 4.63. The van der Waals surface area contributed by atoms with Crippen molar-refractivity contribution in [3.8, 4) is 0 Å². The van der Waals surface area contributed by atoms with Crippen molar-refractivity contribution in [3.63, 3.8) is 0 Å². The maximum atomic E-state index is 4.37. The lowest BCUT2D eigenvalue weighted by Gasteiger charge is -2.19. The van der Waals surface area contributed by atoms with E-state index in [4.69, 9.17) is 0 Å². The molecule has 14 heavy (non-hydrogen) atoms. The molecule has 0 radical (unpaired) electrons. The van der Waals surface area contributed by atoms with E-state index in [2.05, 4.69) is 41.0 Å². The summed E-state index contributed by atoms with van der Waals surface area (Å²) < 4.78 is 0. The first-order chi connectivity index (χ1) is 6.54. The van der Waals surface area contributed by atoms with Crippen LogP contribution in [0.15, 0.2) is 18.3 Å². The van der Waals surface area contributed by atoms with Crippen molar-refractivity contribution in [2.45, 2.75) is 26.3 Å². The van der Waals surface area contributed by atoms with Gasteiger partial charge in [-0.05, 0) is 32.9 Å². The van der Waals surface area contributed by atoms with Crippen LogP contribution in [0.5, 0.6) is 0 Å². The molecule has 2 aromatic rings. The summed E-state index contributed by atoms with van der Waals surface area (Å²) in [7, 11) is 0. The summed E-state index contributed by atoms with van der Waals surface area (Å²) in [5.41, 5.74) is 1.71. The predicted octanol–water partition coefficient (Wildman–Crippen LogP) is 2.17. The quantitative estimate of drug-likeness (QED) is 0.724. The first-order valence-electron chi connectivity index (χ1n) is 4.63. The van der Waals surface area contributed by atoms with E-state index >= 15 is 0 Å². The van der Waals surface area contributed by atoms with E-state index in [0.29, 0.717) is 0 Å². The lowest BCUT2D eigenvalue weighted by Crippen LogP contribution is -2.26. The fourth-order valence-electron chi connectivity index (χ4n) is 1.26. The molecular weight excluding hydrogens is 176 g/mol. The molecule has 4 heteroatoms. The monoisotopic (exact) mass is 190 g/mol. The molecule has 0 atom stereocenters. The van der Waals surface area contributed by atoms with Crippen LogP contribution in [-0.4, -0.2) is 20.5 Å². The van der Waals surface area contributed by atoms with Gasteiger partial charge in [0.2, 0.25) is 5.95 Å². The Labute approximate surface area is 82.8 Å². The maximum absolute atomic E-state index is 4.37. The smallest absolute Gasteiger partial charge is 0.202 e. The summed E-state index contributed by atoms with van der Waals surface area (Å²) in [6.07, 6.45) is 1.75. The molecule has 0 saturated heterocycles. The van der Waals surface area contributed by atoms with Gasteiger partial charge in [0.05, 0.1) is 0 Å². The van der Waals surface area contributed by atoms with Gasteiger partial charge in [-0.2, -0.15) is 0 Å². The van der Waals surface area contributed by atoms with Gasteiger partial charge in [0.15, 0.2) is 5.65 Å². The van der Waals surface area contributed by atoms with Crippen molar-refractivity contribution < 1.29 is 0 Å². The summed E-state index contributed by atoms with van der Waals surface area (Å²) in [5, 5.41) is 3.26. The predicted molar refractivity (Wildman–Crippen MR) is 57.3 cm³/mol. The molecule has 0 aromatic carbocycles. The van der Waals surface area contributed by atoms with E-state index in [9.17, 15) is 0 Å². The van der Waals surface area contributed by atoms with Gasteiger partial charge in [-0.1, -0.05) is 0 Å². The van der Waals surface area contributed by atoms with Gasteiger partial charge in [-0.15, -0.1) is 0 Å². The maximum Gasteiger partial charge on any atom is 0.202 e. The first kappa shape index (κ1) is 8.99. The lowest BCUT2D eigenvalue weighted by atomic mass is 10.1. The zero-order chi connectivity index (χ0) is 10.2. The third kappa shape index (κ3) is 1.84. The number of imidazole rings is 1. The fraction of sp³-hybridized carbons (Fsp3) is 0.400. The molecular formula is C10H14N4. The van der Waals surface area contributed by atoms with Crippen LogP contribution in [0.1, 0.15) is 20.8 Å². The summed E-state index contributed by atoms with van der Waals surface area (Å²) in [4.78, 5) is 11.7. The number of aromatic amines is 1. The number of rotatable bonds is 1. The number of nitrogens with one attached hydrogen (secondary N) is 2. The number of anilines is 1. The zero-order valence-electron chi connectivity index (χ0n) is 8.63. The van der Waals surface area contributed by atoms with Crippen LogP contribution < -0.4 is 5.32 Å². The second kappa shape index (κ2) is 2.97. The van der Waals surface area contributed by atoms with Gasteiger partial charge < -0.3 is 10.3 Å². The molecule has 0 aliphatic heterocycles. The summed E-state index contributed by atoms with van der Waals surface area (Å²) >= 11 is 0. The van der Waals surface area contributed by atoms with Crippen LogP contribution in [0.3, 0.4) is 0 Å². The van der Waals surface area contributed by atoms with Crippen molar-refractivity contribution >= 4 is 17.1 Å². The average molecular weight is 190 g/mol. The van der Waals surface area contributed by atoms with E-state index < -0.39 is 0 Å². The lowest BCUT2D eigenvalue weighted by molar-refractivity contribution is 0.628. The van der Waals surface area contributed by atoms with Crippen molar-refractivity contribution in [1.82, 2.24) is 15.0 Å². The molecule has 2 rings (SSSR count). The molecule has 0 aliphatic carbocycles. The highest BCUT2D eigenvalue weighted by molar-refractivity contribution is 5.72. The fourth-order valence-corrected chi connectivity index (χ4v) is 1.26. The van der Waals surface area contributed by atoms with E-state index in [-0.39, 0.29) is 5.54 Å². The number of hydrogen-bond acceptors (Lipinski definition) is 3. The van der Waals surface area contributed by atoms with Crippen molar-refractivity contribution in [1.29, 1.82) is 0 Å². The normalized spacial score (nSPS) is 11.9. The largest absolute Gasteiger partial charge is 0.351 e. The molecule has 2 N–H and O–H groups in total. The van der Waals surface area contributed by atoms with E-state index in [1.165, 1.54) is 0 Å². The molecule has 0 spiro atoms. The summed E-state index contributed by atoms with van der Waals surface area (Å²) in [6, 6.07) is 3.82. The van der Waals surface area contributed by atoms with Gasteiger partial charge in [0.1, 0.15) is 5.52 Å². The Morgan fingerprint density at radius 1 is 1.36 bits per heavy atom. The summed E-state index contributed by atoms with van der Waals surface area (Å²) in [6.45, 7) is 6.27. The number of hydrogen-bond donors (Lipinski definition) is 2. The number of nitrogens with zero attached hydrogens (tertiary/aromatic N) is 2. The van der Waals surface area contributed by atoms with Crippen LogP contribution >= 0.6 is 0 Å². The van der Waals surface area contributed by atoms with Gasteiger partial charge in [-0.25, -0.2) is 9.97 Å². The van der Waals surface area contributed by atoms with Crippen molar-refractivity contribution in [2.75, 3.05) is 5.32 Å². The Balaban J connectivity index is 2.36. The Hall–Kier alpha value is -1.58. The number of pyridine rings is 1. The molecule has 2 aromatic heterocycles. The third-order valence-electron chi connectivity index (χ3n) is 1.75. The van der Waals surface area contributed by atoms with Crippen LogP contribution in [0.4, 0.5) is 5.95 Å². The van der Waals surface area contributed by atoms with Gasteiger partial charge >= 0.3 is 0 Å². The molecule has 4 nitrogen and oxygen atoms in total. The minimum Gasteiger partial charge on any atom is -0.351 e. The molecule has 0 unspecified atom stereocenters. The van der Waals surface area contributed by atoms with Crippen LogP contribution in [0.25, 0.3) is 11.2 Å². The van der Waals surface area contributed by atoms with Crippen LogP contribution in [0, 0.1) is 0 Å². The van der Waals surface area contributed by atoms with Crippen molar-refractivity contribution in [3.05, 3.63) is 18.3 Å². The Bertz CT molecular complexity index is 406. The molecule has 0 fully saturated rings. The highest BCUT2D eigenvalue weighted by Gasteiger charge is 2.11. The van der Waals surface area contributed by atoms with Crippen LogP contribution in [-0.2, 0) is 0 Å². The minimum absolute atomic E-state index is 0.00781. The Morgan fingerprint density at radius 2 is 2.14 bits per heavy atom. The van der Waals surface area contributed by atoms with Gasteiger partial charge in [-0.3, -0.25) is 0 Å². The van der Waals surface area contributed by atoms with Crippen LogP contribution in [0.2, 0.25) is 0 Å². The molecule has 0 aliphatic rings. The topological polar surface area (TPSA) is 53.6 Å². The van der Waals surface area contributed by atoms with E-state index in [1.54, 1.807) is 6.20 Å². The molecule has 0 saturated carbocycles. The number of fused-ring (bicyclic) bond motifs is 1. The molecule has 0 bridgehead atoms. The van der Waals surface area contributed by atoms with Gasteiger partial charge in [0, 0.05) is 11.7 Å². The number of aromatic nitrogens is 3. The third-order valence-corrected chi connectivity index (χ3v) is 1.75. The van der Waals surface area contributed by atoms with E-state index in [0.717, 1.165) is 17.1 Å². The SMILES string of the molecule is CC(C)(C)Nc1nc2cccnc2[nH]1. The zero-order valence-corrected chi connectivity index (χ0v) is 8.63. The highest BCUT2D eigenvalue weighted by atomic mass is 15.2. The second-order valence-electron chi connectivity index (χ2n) is 4.33. The van der Waals surface area contributed by atoms with Gasteiger partial charge in [0.25, 0.3) is 0 Å². The second-order valence-corrected chi connectivity index (χ2v) is 4.33. The Morgan fingerprint density at radius 3 is 2.79 bits per heavy atom. The molecule has 74 valence electrons. The number of H-pyrrole nitrogens is 1. The van der Waals surface area contributed by atoms with Crippen molar-refractivity contribution in [2.24, 2.45) is 0 Å². The van der Waals surface area contributed by atoms with E-state index in [1.807, 2.05) is 12.1 Å². The standard InChI is InChI=1S/C10H14N4/c1-10(2,3)14-9-12-7-5-4-6-11-8(7)13-9/h4-6H,1-3H3,(H2,11,12,13,14). The minimum atomic E-state index is 0.00781. The molecule has 2 heterocycles. The average Bonchev–Trinajstić information content (AvgIpc) is 2.42.